The van der Waals surface area contributed by atoms with Crippen LogP contribution in [-0.2, 0) is 14.3 Å². The van der Waals surface area contributed by atoms with Crippen molar-refractivity contribution in [2.75, 3.05) is 6.61 Å². The van der Waals surface area contributed by atoms with Crippen LogP contribution in [0.2, 0.25) is 0 Å². The number of amides is 3. The zero-order valence-corrected chi connectivity index (χ0v) is 23.0. The Morgan fingerprint density at radius 3 is 2.22 bits per heavy atom. The SMILES string of the molecule is C#Cc1ccccc1C(C(=O)NC(C)CCC)N(C(=O)C(CO)NC(=O)OC(C)(C)C)C(C)(C)CC. The average Bonchev–Trinajstić information content (AvgIpc) is 2.79. The van der Waals surface area contributed by atoms with Crippen LogP contribution in [0.1, 0.15) is 91.8 Å². The van der Waals surface area contributed by atoms with Crippen LogP contribution in [0.15, 0.2) is 24.3 Å². The number of nitrogens with one attached hydrogen (secondary N) is 2. The standard InChI is InChI=1S/C28H43N3O5/c1-10-15-19(4)29-24(33)23(21-17-14-13-16-20(21)11-2)31(28(8,9)12-3)25(34)22(18-32)30-26(35)36-27(5,6)7/h2,13-14,16-17,19,22-23,32H,10,12,15,18H2,1,3-9H3,(H,29,33)(H,30,35). The van der Waals surface area contributed by atoms with E-state index in [1.54, 1.807) is 45.0 Å². The number of benzene rings is 1. The number of aliphatic hydroxyl groups is 1. The number of hydrogen-bond acceptors (Lipinski definition) is 5. The molecule has 0 radical (unpaired) electrons. The highest BCUT2D eigenvalue weighted by atomic mass is 16.6. The number of rotatable bonds is 11. The number of alkyl carbamates (subject to hydrolysis) is 1. The highest BCUT2D eigenvalue weighted by molar-refractivity contribution is 5.93. The summed E-state index contributed by atoms with van der Waals surface area (Å²) in [6, 6.07) is 4.43. The molecule has 0 bridgehead atoms. The molecule has 200 valence electrons. The first-order valence-electron chi connectivity index (χ1n) is 12.5. The van der Waals surface area contributed by atoms with E-state index in [-0.39, 0.29) is 11.9 Å². The maximum atomic E-state index is 14.0. The van der Waals surface area contributed by atoms with E-state index in [0.29, 0.717) is 17.5 Å². The molecule has 3 amide bonds. The second kappa shape index (κ2) is 13.3. The summed E-state index contributed by atoms with van der Waals surface area (Å²) in [5, 5.41) is 15.6. The van der Waals surface area contributed by atoms with E-state index < -0.39 is 41.8 Å². The molecule has 0 aliphatic rings. The van der Waals surface area contributed by atoms with Gasteiger partial charge in [0, 0.05) is 17.1 Å². The lowest BCUT2D eigenvalue weighted by Crippen LogP contribution is -2.60. The summed E-state index contributed by atoms with van der Waals surface area (Å²) in [6.45, 7) is 13.9. The van der Waals surface area contributed by atoms with Crippen LogP contribution in [0.3, 0.4) is 0 Å². The van der Waals surface area contributed by atoms with Gasteiger partial charge >= 0.3 is 6.09 Å². The number of ether oxygens (including phenoxy) is 1. The van der Waals surface area contributed by atoms with Gasteiger partial charge in [0.2, 0.25) is 11.8 Å². The summed E-state index contributed by atoms with van der Waals surface area (Å²) in [4.78, 5) is 41.6. The number of carbonyl (C=O) groups excluding carboxylic acids is 3. The molecule has 8 heteroatoms. The van der Waals surface area contributed by atoms with Gasteiger partial charge in [-0.3, -0.25) is 9.59 Å². The van der Waals surface area contributed by atoms with E-state index in [0.717, 1.165) is 12.8 Å². The van der Waals surface area contributed by atoms with E-state index in [9.17, 15) is 19.5 Å². The van der Waals surface area contributed by atoms with Crippen LogP contribution < -0.4 is 10.6 Å². The third-order valence-corrected chi connectivity index (χ3v) is 5.95. The molecule has 3 N–H and O–H groups in total. The van der Waals surface area contributed by atoms with Gasteiger partial charge in [0.25, 0.3) is 0 Å². The lowest BCUT2D eigenvalue weighted by molar-refractivity contribution is -0.150. The molecule has 0 heterocycles. The Kier molecular flexibility index (Phi) is 11.5. The Labute approximate surface area is 216 Å². The number of nitrogens with zero attached hydrogens (tertiary/aromatic N) is 1. The van der Waals surface area contributed by atoms with Crippen LogP contribution in [0.4, 0.5) is 4.79 Å². The maximum absolute atomic E-state index is 14.0. The van der Waals surface area contributed by atoms with Crippen LogP contribution in [-0.4, -0.2) is 57.7 Å². The lowest BCUT2D eigenvalue weighted by atomic mass is 9.90. The highest BCUT2D eigenvalue weighted by Gasteiger charge is 2.43. The molecule has 0 aliphatic carbocycles. The Hall–Kier alpha value is -3.05. The summed E-state index contributed by atoms with van der Waals surface area (Å²) in [7, 11) is 0. The van der Waals surface area contributed by atoms with Gasteiger partial charge in [0.15, 0.2) is 0 Å². The van der Waals surface area contributed by atoms with Crippen molar-refractivity contribution in [3.05, 3.63) is 35.4 Å². The molecule has 0 aromatic heterocycles. The van der Waals surface area contributed by atoms with Crippen molar-refractivity contribution >= 4 is 17.9 Å². The smallest absolute Gasteiger partial charge is 0.408 e. The summed E-state index contributed by atoms with van der Waals surface area (Å²) in [5.41, 5.74) is -0.659. The van der Waals surface area contributed by atoms with Crippen molar-refractivity contribution in [3.63, 3.8) is 0 Å². The molecule has 3 unspecified atom stereocenters. The van der Waals surface area contributed by atoms with Gasteiger partial charge in [-0.25, -0.2) is 4.79 Å². The largest absolute Gasteiger partial charge is 0.444 e. The molecule has 3 atom stereocenters. The number of carbonyl (C=O) groups is 3. The molecule has 0 saturated heterocycles. The van der Waals surface area contributed by atoms with Gasteiger partial charge in [-0.1, -0.05) is 44.4 Å². The molecule has 0 fully saturated rings. The number of aliphatic hydroxyl groups excluding tert-OH is 1. The Bertz CT molecular complexity index is 945. The minimum absolute atomic E-state index is 0.127. The molecular weight excluding hydrogens is 458 g/mol. The normalized spacial score (nSPS) is 14.1. The summed E-state index contributed by atoms with van der Waals surface area (Å²) in [5.74, 6) is 1.61. The molecular formula is C28H43N3O5. The third-order valence-electron chi connectivity index (χ3n) is 5.95. The van der Waals surface area contributed by atoms with Gasteiger partial charge in [0.1, 0.15) is 17.7 Å². The zero-order chi connectivity index (χ0) is 27.7. The number of terminal acetylenes is 1. The average molecular weight is 502 g/mol. The van der Waals surface area contributed by atoms with Gasteiger partial charge in [-0.15, -0.1) is 6.42 Å². The van der Waals surface area contributed by atoms with E-state index in [2.05, 4.69) is 16.6 Å². The van der Waals surface area contributed by atoms with Crippen molar-refractivity contribution in [2.24, 2.45) is 0 Å². The zero-order valence-electron chi connectivity index (χ0n) is 23.0. The first kappa shape index (κ1) is 31.0. The van der Waals surface area contributed by atoms with E-state index in [1.165, 1.54) is 4.90 Å². The predicted molar refractivity (Wildman–Crippen MR) is 141 cm³/mol. The van der Waals surface area contributed by atoms with Crippen LogP contribution in [0.25, 0.3) is 0 Å². The van der Waals surface area contributed by atoms with Crippen LogP contribution >= 0.6 is 0 Å². The van der Waals surface area contributed by atoms with Gasteiger partial charge in [-0.2, -0.15) is 0 Å². The van der Waals surface area contributed by atoms with E-state index in [4.69, 9.17) is 11.2 Å². The monoisotopic (exact) mass is 501 g/mol. The predicted octanol–water partition coefficient (Wildman–Crippen LogP) is 3.92. The van der Waals surface area contributed by atoms with Crippen LogP contribution in [0.5, 0.6) is 0 Å². The Balaban J connectivity index is 3.64. The summed E-state index contributed by atoms with van der Waals surface area (Å²) in [6.07, 6.45) is 7.06. The number of hydrogen-bond donors (Lipinski definition) is 3. The first-order valence-corrected chi connectivity index (χ1v) is 12.5. The lowest BCUT2D eigenvalue weighted by Gasteiger charge is -2.44. The highest BCUT2D eigenvalue weighted by Crippen LogP contribution is 2.33. The molecule has 0 aliphatic heterocycles. The second-order valence-electron chi connectivity index (χ2n) is 10.6. The summed E-state index contributed by atoms with van der Waals surface area (Å²) >= 11 is 0. The topological polar surface area (TPSA) is 108 Å². The Morgan fingerprint density at radius 1 is 1.11 bits per heavy atom. The van der Waals surface area contributed by atoms with Crippen molar-refractivity contribution in [1.82, 2.24) is 15.5 Å². The maximum Gasteiger partial charge on any atom is 0.408 e. The molecule has 0 saturated carbocycles. The molecule has 1 rings (SSSR count). The second-order valence-corrected chi connectivity index (χ2v) is 10.6. The third kappa shape index (κ3) is 8.56. The molecule has 36 heavy (non-hydrogen) atoms. The molecule has 0 spiro atoms. The molecule has 1 aromatic rings. The fraction of sp³-hybridized carbons (Fsp3) is 0.607. The van der Waals surface area contributed by atoms with Crippen molar-refractivity contribution in [2.45, 2.75) is 104 Å². The van der Waals surface area contributed by atoms with Crippen molar-refractivity contribution < 1.29 is 24.2 Å². The minimum atomic E-state index is -1.33. The fourth-order valence-corrected chi connectivity index (χ4v) is 3.84. The van der Waals surface area contributed by atoms with Gasteiger partial charge in [-0.05, 0) is 66.0 Å². The van der Waals surface area contributed by atoms with Crippen molar-refractivity contribution in [1.29, 1.82) is 0 Å². The van der Waals surface area contributed by atoms with Crippen molar-refractivity contribution in [3.8, 4) is 12.3 Å². The fourth-order valence-electron chi connectivity index (χ4n) is 3.84. The Morgan fingerprint density at radius 2 is 1.72 bits per heavy atom. The minimum Gasteiger partial charge on any atom is -0.444 e. The summed E-state index contributed by atoms with van der Waals surface area (Å²) < 4.78 is 5.28. The molecule has 8 nitrogen and oxygen atoms in total. The first-order chi connectivity index (χ1) is 16.7. The van der Waals surface area contributed by atoms with Gasteiger partial charge in [0.05, 0.1) is 6.61 Å². The van der Waals surface area contributed by atoms with E-state index in [1.807, 2.05) is 34.6 Å². The van der Waals surface area contributed by atoms with Crippen LogP contribution in [0, 0.1) is 12.3 Å². The van der Waals surface area contributed by atoms with E-state index >= 15 is 0 Å². The molecule has 1 aromatic carbocycles. The quantitative estimate of drug-likeness (QED) is 0.399. The van der Waals surface area contributed by atoms with Gasteiger partial charge < -0.3 is 25.4 Å².